The Labute approximate surface area is 202 Å². The van der Waals surface area contributed by atoms with Crippen LogP contribution in [-0.2, 0) is 10.8 Å². The van der Waals surface area contributed by atoms with Crippen molar-refractivity contribution in [3.63, 3.8) is 0 Å². The zero-order valence-electron chi connectivity index (χ0n) is 21.9. The fourth-order valence-electron chi connectivity index (χ4n) is 5.22. The zero-order valence-corrected chi connectivity index (χ0v) is 21.9. The van der Waals surface area contributed by atoms with Crippen LogP contribution in [0, 0.1) is 23.0 Å². The van der Waals surface area contributed by atoms with Crippen molar-refractivity contribution in [2.75, 3.05) is 0 Å². The largest absolute Gasteiger partial charge is 0.287 e. The minimum atomic E-state index is -0.468. The summed E-state index contributed by atoms with van der Waals surface area (Å²) in [6.07, 6.45) is 2.63. The Hall–Kier alpha value is -2.58. The fourth-order valence-corrected chi connectivity index (χ4v) is 5.22. The second kappa shape index (κ2) is 9.35. The van der Waals surface area contributed by atoms with Gasteiger partial charge in [0.25, 0.3) is 24.2 Å². The van der Waals surface area contributed by atoms with Gasteiger partial charge in [0.05, 0.1) is 0 Å². The molecule has 2 aromatic carbocycles. The standard InChI is InChI=1S/C31H42N2/c1-9-30(24-17-13-11-14-18-24)22-32-26(28(3,4)5)21-27(29(6,7)8)33-23-31(30,10-2)25-19-15-12-16-20-25/h11-20,26-27H,9-10,21H2,1-8H3/q+2. The Morgan fingerprint density at radius 1 is 0.667 bits per heavy atom. The molecule has 2 aromatic rings. The Kier molecular flexibility index (Phi) is 7.10. The van der Waals surface area contributed by atoms with E-state index in [-0.39, 0.29) is 22.9 Å². The van der Waals surface area contributed by atoms with E-state index in [4.69, 9.17) is 9.69 Å². The number of nitrogens with zero attached hydrogens (tertiary/aromatic N) is 2. The number of hydrogen-bond acceptors (Lipinski definition) is 0. The lowest BCUT2D eigenvalue weighted by atomic mass is 9.56. The Morgan fingerprint density at radius 3 is 1.27 bits per heavy atom. The van der Waals surface area contributed by atoms with E-state index in [9.17, 15) is 0 Å². The van der Waals surface area contributed by atoms with E-state index in [1.165, 1.54) is 11.1 Å². The molecule has 0 saturated carbocycles. The van der Waals surface area contributed by atoms with Crippen LogP contribution in [-0.4, -0.2) is 12.1 Å². The molecule has 0 spiro atoms. The molecule has 33 heavy (non-hydrogen) atoms. The molecule has 0 radical (unpaired) electrons. The second-order valence-corrected chi connectivity index (χ2v) is 11.7. The van der Waals surface area contributed by atoms with Crippen molar-refractivity contribution in [2.45, 2.75) is 97.6 Å². The maximum atomic E-state index is 5.30. The Balaban J connectivity index is 2.46. The highest BCUT2D eigenvalue weighted by molar-refractivity contribution is 5.51. The SMILES string of the molecule is CCC1(c2ccccc2)C#[N+]C(C(C)(C)C)CC(C(C)(C)C)[N+]#CC1(CC)c1ccccc1. The van der Waals surface area contributed by atoms with Crippen LogP contribution in [0.2, 0.25) is 0 Å². The van der Waals surface area contributed by atoms with E-state index < -0.39 is 10.8 Å². The normalized spacial score (nSPS) is 27.8. The molecule has 3 rings (SSSR count). The molecule has 0 fully saturated rings. The second-order valence-electron chi connectivity index (χ2n) is 11.7. The average molecular weight is 443 g/mol. The maximum Gasteiger partial charge on any atom is 0.287 e. The molecule has 1 heterocycles. The number of benzene rings is 2. The van der Waals surface area contributed by atoms with Crippen LogP contribution < -0.4 is 0 Å². The summed E-state index contributed by atoms with van der Waals surface area (Å²) >= 11 is 0. The van der Waals surface area contributed by atoms with Crippen LogP contribution in [0.1, 0.15) is 85.8 Å². The van der Waals surface area contributed by atoms with Gasteiger partial charge < -0.3 is 0 Å². The molecule has 0 aliphatic carbocycles. The molecule has 0 N–H and O–H groups in total. The summed E-state index contributed by atoms with van der Waals surface area (Å²) in [5.74, 6) is 0. The van der Waals surface area contributed by atoms with Crippen molar-refractivity contribution < 1.29 is 0 Å². The Bertz CT molecular complexity index is 963. The molecule has 0 aromatic heterocycles. The van der Waals surface area contributed by atoms with Crippen molar-refractivity contribution >= 4 is 0 Å². The topological polar surface area (TPSA) is 8.72 Å². The predicted octanol–water partition coefficient (Wildman–Crippen LogP) is 8.58. The monoisotopic (exact) mass is 442 g/mol. The van der Waals surface area contributed by atoms with Crippen molar-refractivity contribution in [1.29, 1.82) is 0 Å². The molecule has 4 atom stereocenters. The van der Waals surface area contributed by atoms with Crippen molar-refractivity contribution in [2.24, 2.45) is 10.8 Å². The van der Waals surface area contributed by atoms with Gasteiger partial charge in [0.1, 0.15) is 6.42 Å². The molecule has 4 unspecified atom stereocenters. The van der Waals surface area contributed by atoms with E-state index in [1.54, 1.807) is 0 Å². The maximum absolute atomic E-state index is 5.30. The van der Waals surface area contributed by atoms with Crippen LogP contribution in [0.3, 0.4) is 0 Å². The summed E-state index contributed by atoms with van der Waals surface area (Å²) in [5, 5.41) is 0. The summed E-state index contributed by atoms with van der Waals surface area (Å²) in [4.78, 5) is 10.6. The lowest BCUT2D eigenvalue weighted by molar-refractivity contribution is 0.274. The van der Waals surface area contributed by atoms with E-state index in [0.717, 1.165) is 19.3 Å². The smallest absolute Gasteiger partial charge is 0.0784 e. The van der Waals surface area contributed by atoms with Crippen molar-refractivity contribution in [1.82, 2.24) is 0 Å². The van der Waals surface area contributed by atoms with Crippen LogP contribution in [0.25, 0.3) is 9.69 Å². The van der Waals surface area contributed by atoms with Crippen LogP contribution in [0.5, 0.6) is 0 Å². The van der Waals surface area contributed by atoms with Crippen LogP contribution >= 0.6 is 0 Å². The van der Waals surface area contributed by atoms with Gasteiger partial charge in [0.2, 0.25) is 0 Å². The van der Waals surface area contributed by atoms with Gasteiger partial charge in [-0.05, 0) is 24.0 Å². The van der Waals surface area contributed by atoms with E-state index in [2.05, 4.69) is 128 Å². The van der Waals surface area contributed by atoms with Crippen molar-refractivity contribution in [3.8, 4) is 12.1 Å². The van der Waals surface area contributed by atoms with E-state index >= 15 is 0 Å². The third-order valence-corrected chi connectivity index (χ3v) is 7.59. The molecule has 0 amide bonds. The summed E-state index contributed by atoms with van der Waals surface area (Å²) in [6.45, 7) is 18.2. The van der Waals surface area contributed by atoms with Crippen LogP contribution in [0.4, 0.5) is 0 Å². The molecular weight excluding hydrogens is 400 g/mol. The Morgan fingerprint density at radius 2 is 1.00 bits per heavy atom. The first kappa shape index (κ1) is 25.1. The summed E-state index contributed by atoms with van der Waals surface area (Å²) in [5.41, 5.74) is 1.56. The highest BCUT2D eigenvalue weighted by atomic mass is 14.8. The summed E-state index contributed by atoms with van der Waals surface area (Å²) in [7, 11) is 0. The number of hydrogen-bond donors (Lipinski definition) is 0. The fraction of sp³-hybridized carbons (Fsp3) is 0.548. The van der Waals surface area contributed by atoms with E-state index in [1.807, 2.05) is 0 Å². The first-order chi connectivity index (χ1) is 15.5. The first-order valence-electron chi connectivity index (χ1n) is 12.6. The van der Waals surface area contributed by atoms with Gasteiger partial charge in [-0.25, -0.2) is 0 Å². The van der Waals surface area contributed by atoms with Gasteiger partial charge in [0.15, 0.2) is 10.8 Å². The molecular formula is C31H42N2+2. The van der Waals surface area contributed by atoms with Gasteiger partial charge in [-0.2, -0.15) is 0 Å². The third kappa shape index (κ3) is 4.73. The quantitative estimate of drug-likeness (QED) is 0.448. The van der Waals surface area contributed by atoms with E-state index in [0.29, 0.717) is 0 Å². The molecule has 174 valence electrons. The molecule has 1 aliphatic rings. The molecule has 1 aliphatic heterocycles. The van der Waals surface area contributed by atoms with Gasteiger partial charge in [-0.15, -0.1) is 0 Å². The number of rotatable bonds is 4. The highest BCUT2D eigenvalue weighted by Gasteiger charge is 2.60. The van der Waals surface area contributed by atoms with Crippen molar-refractivity contribution in [3.05, 3.63) is 81.5 Å². The molecule has 0 saturated heterocycles. The lowest BCUT2D eigenvalue weighted by Gasteiger charge is -2.37. The molecule has 2 nitrogen and oxygen atoms in total. The average Bonchev–Trinajstić information content (AvgIpc) is 2.86. The third-order valence-electron chi connectivity index (χ3n) is 7.59. The van der Waals surface area contributed by atoms with Gasteiger partial charge >= 0.3 is 0 Å². The summed E-state index contributed by atoms with van der Waals surface area (Å²) in [6, 6.07) is 29.5. The predicted molar refractivity (Wildman–Crippen MR) is 142 cm³/mol. The molecule has 0 bridgehead atoms. The summed E-state index contributed by atoms with van der Waals surface area (Å²) < 4.78 is 0. The minimum absolute atomic E-state index is 0.0220. The highest BCUT2D eigenvalue weighted by Crippen LogP contribution is 2.50. The zero-order chi connectivity index (χ0) is 24.3. The van der Waals surface area contributed by atoms with Gasteiger partial charge in [-0.3, -0.25) is 0 Å². The first-order valence-corrected chi connectivity index (χ1v) is 12.6. The lowest BCUT2D eigenvalue weighted by Crippen LogP contribution is -2.47. The van der Waals surface area contributed by atoms with Gasteiger partial charge in [-0.1, -0.05) is 126 Å². The van der Waals surface area contributed by atoms with Crippen LogP contribution in [0.15, 0.2) is 60.7 Å². The van der Waals surface area contributed by atoms with Gasteiger partial charge in [0, 0.05) is 10.8 Å². The molecule has 2 heteroatoms. The minimum Gasteiger partial charge on any atom is -0.0784 e.